The molecule has 0 amide bonds. The monoisotopic (exact) mass is 255 g/mol. The van der Waals surface area contributed by atoms with Gasteiger partial charge in [0.05, 0.1) is 19.6 Å². The minimum Gasteiger partial charge on any atom is -0.466 e. The van der Waals surface area contributed by atoms with E-state index in [0.29, 0.717) is 37.8 Å². The van der Waals surface area contributed by atoms with Crippen LogP contribution in [0, 0.1) is 0 Å². The molecule has 6 heteroatoms. The number of hydrogen-bond acceptors (Lipinski definition) is 6. The average Bonchev–Trinajstić information content (AvgIpc) is 2.75. The predicted molar refractivity (Wildman–Crippen MR) is 65.9 cm³/mol. The Kier molecular flexibility index (Phi) is 6.35. The largest absolute Gasteiger partial charge is 0.466 e. The zero-order chi connectivity index (χ0) is 13.4. The van der Waals surface area contributed by atoms with E-state index < -0.39 is 0 Å². The van der Waals surface area contributed by atoms with Crippen LogP contribution >= 0.6 is 0 Å². The molecule has 0 spiro atoms. The van der Waals surface area contributed by atoms with Crippen molar-refractivity contribution in [2.75, 3.05) is 20.2 Å². The van der Waals surface area contributed by atoms with Crippen LogP contribution in [0.3, 0.4) is 0 Å². The number of rotatable bonds is 8. The summed E-state index contributed by atoms with van der Waals surface area (Å²) < 4.78 is 9.95. The van der Waals surface area contributed by atoms with Crippen molar-refractivity contribution in [3.63, 3.8) is 0 Å². The standard InChI is InChI=1S/C12H21N3O3/c1-4-6-11-13-10(14-18-11)9-15(3)8-7-12(16)17-5-2/h4-9H2,1-3H3. The Labute approximate surface area is 107 Å². The van der Waals surface area contributed by atoms with E-state index in [1.165, 1.54) is 0 Å². The Hall–Kier alpha value is -1.43. The van der Waals surface area contributed by atoms with Crippen LogP contribution in [0.2, 0.25) is 0 Å². The van der Waals surface area contributed by atoms with Gasteiger partial charge in [-0.05, 0) is 20.4 Å². The fraction of sp³-hybridized carbons (Fsp3) is 0.750. The summed E-state index contributed by atoms with van der Waals surface area (Å²) in [5.41, 5.74) is 0. The molecule has 1 heterocycles. The van der Waals surface area contributed by atoms with Crippen molar-refractivity contribution >= 4 is 5.97 Å². The molecule has 0 atom stereocenters. The third-order valence-corrected chi connectivity index (χ3v) is 2.39. The van der Waals surface area contributed by atoms with Gasteiger partial charge in [-0.25, -0.2) is 0 Å². The van der Waals surface area contributed by atoms with Crippen LogP contribution in [0.1, 0.15) is 38.4 Å². The van der Waals surface area contributed by atoms with Crippen molar-refractivity contribution in [1.82, 2.24) is 15.0 Å². The number of esters is 1. The van der Waals surface area contributed by atoms with Gasteiger partial charge in [0.2, 0.25) is 5.89 Å². The number of carbonyl (C=O) groups excluding carboxylic acids is 1. The van der Waals surface area contributed by atoms with Crippen LogP contribution in [0.4, 0.5) is 0 Å². The van der Waals surface area contributed by atoms with Gasteiger partial charge in [-0.15, -0.1) is 0 Å². The zero-order valence-corrected chi connectivity index (χ0v) is 11.3. The van der Waals surface area contributed by atoms with Crippen LogP contribution in [0.15, 0.2) is 4.52 Å². The van der Waals surface area contributed by atoms with Crippen LogP contribution in [-0.4, -0.2) is 41.2 Å². The first kappa shape index (κ1) is 14.6. The van der Waals surface area contributed by atoms with Gasteiger partial charge in [-0.1, -0.05) is 12.1 Å². The third-order valence-electron chi connectivity index (χ3n) is 2.39. The number of hydrogen-bond donors (Lipinski definition) is 0. The first-order valence-corrected chi connectivity index (χ1v) is 6.31. The highest BCUT2D eigenvalue weighted by Gasteiger charge is 2.10. The highest BCUT2D eigenvalue weighted by Crippen LogP contribution is 2.03. The van der Waals surface area contributed by atoms with Crippen molar-refractivity contribution < 1.29 is 14.1 Å². The van der Waals surface area contributed by atoms with E-state index in [4.69, 9.17) is 9.26 Å². The Bertz CT molecular complexity index is 365. The molecule has 6 nitrogen and oxygen atoms in total. The molecule has 0 saturated heterocycles. The van der Waals surface area contributed by atoms with E-state index in [1.807, 2.05) is 11.9 Å². The molecule has 0 unspecified atom stereocenters. The molecule has 0 aromatic carbocycles. The summed E-state index contributed by atoms with van der Waals surface area (Å²) in [6.07, 6.45) is 2.17. The minimum absolute atomic E-state index is 0.177. The van der Waals surface area contributed by atoms with Crippen molar-refractivity contribution in [3.05, 3.63) is 11.7 Å². The lowest BCUT2D eigenvalue weighted by molar-refractivity contribution is -0.143. The highest BCUT2D eigenvalue weighted by atomic mass is 16.5. The Morgan fingerprint density at radius 2 is 2.22 bits per heavy atom. The molecule has 0 aliphatic carbocycles. The SMILES string of the molecule is CCCc1nc(CN(C)CCC(=O)OCC)no1. The molecule has 0 saturated carbocycles. The second-order valence-electron chi connectivity index (χ2n) is 4.15. The lowest BCUT2D eigenvalue weighted by Crippen LogP contribution is -2.22. The maximum Gasteiger partial charge on any atom is 0.307 e. The van der Waals surface area contributed by atoms with Gasteiger partial charge >= 0.3 is 5.97 Å². The molecule has 0 radical (unpaired) electrons. The van der Waals surface area contributed by atoms with E-state index >= 15 is 0 Å². The molecule has 1 aromatic heterocycles. The van der Waals surface area contributed by atoms with Crippen molar-refractivity contribution in [2.24, 2.45) is 0 Å². The molecule has 0 fully saturated rings. The van der Waals surface area contributed by atoms with Gasteiger partial charge in [-0.2, -0.15) is 4.98 Å². The number of aromatic nitrogens is 2. The lowest BCUT2D eigenvalue weighted by Gasteiger charge is -2.13. The summed E-state index contributed by atoms with van der Waals surface area (Å²) in [5.74, 6) is 1.15. The summed E-state index contributed by atoms with van der Waals surface area (Å²) in [6.45, 7) is 5.49. The lowest BCUT2D eigenvalue weighted by atomic mass is 10.3. The highest BCUT2D eigenvalue weighted by molar-refractivity contribution is 5.69. The Balaban J connectivity index is 2.30. The van der Waals surface area contributed by atoms with Crippen LogP contribution in [-0.2, 0) is 22.5 Å². The molecule has 0 N–H and O–H groups in total. The van der Waals surface area contributed by atoms with Crippen molar-refractivity contribution in [3.8, 4) is 0 Å². The van der Waals surface area contributed by atoms with E-state index in [2.05, 4.69) is 17.1 Å². The first-order chi connectivity index (χ1) is 8.65. The Morgan fingerprint density at radius 1 is 1.44 bits per heavy atom. The van der Waals surface area contributed by atoms with E-state index in [1.54, 1.807) is 6.92 Å². The molecule has 102 valence electrons. The smallest absolute Gasteiger partial charge is 0.307 e. The molecule has 0 aliphatic heterocycles. The third kappa shape index (κ3) is 5.27. The maximum atomic E-state index is 11.2. The maximum absolute atomic E-state index is 11.2. The van der Waals surface area contributed by atoms with Gasteiger partial charge in [0.1, 0.15) is 0 Å². The quantitative estimate of drug-likeness (QED) is 0.654. The van der Waals surface area contributed by atoms with Crippen molar-refractivity contribution in [1.29, 1.82) is 0 Å². The van der Waals surface area contributed by atoms with Crippen LogP contribution < -0.4 is 0 Å². The molecule has 0 bridgehead atoms. The summed E-state index contributed by atoms with van der Waals surface area (Å²) in [6, 6.07) is 0. The number of nitrogens with zero attached hydrogens (tertiary/aromatic N) is 3. The minimum atomic E-state index is -0.177. The summed E-state index contributed by atoms with van der Waals surface area (Å²) in [5, 5.41) is 3.89. The average molecular weight is 255 g/mol. The number of carbonyl (C=O) groups is 1. The van der Waals surface area contributed by atoms with Gasteiger partial charge in [0.15, 0.2) is 5.82 Å². The second-order valence-corrected chi connectivity index (χ2v) is 4.15. The Morgan fingerprint density at radius 3 is 2.89 bits per heavy atom. The van der Waals surface area contributed by atoms with Gasteiger partial charge in [-0.3, -0.25) is 9.69 Å². The second kappa shape index (κ2) is 7.81. The first-order valence-electron chi connectivity index (χ1n) is 6.31. The van der Waals surface area contributed by atoms with Crippen LogP contribution in [0.25, 0.3) is 0 Å². The van der Waals surface area contributed by atoms with E-state index in [-0.39, 0.29) is 5.97 Å². The predicted octanol–water partition coefficient (Wildman–Crippen LogP) is 1.41. The van der Waals surface area contributed by atoms with Gasteiger partial charge in [0, 0.05) is 13.0 Å². The fourth-order valence-electron chi connectivity index (χ4n) is 1.51. The molecule has 1 aromatic rings. The number of ether oxygens (including phenoxy) is 1. The van der Waals surface area contributed by atoms with E-state index in [9.17, 15) is 4.79 Å². The molecule has 1 rings (SSSR count). The topological polar surface area (TPSA) is 68.5 Å². The normalized spacial score (nSPS) is 10.9. The molecule has 0 aliphatic rings. The molecule has 18 heavy (non-hydrogen) atoms. The van der Waals surface area contributed by atoms with Gasteiger partial charge in [0.25, 0.3) is 0 Å². The van der Waals surface area contributed by atoms with Crippen LogP contribution in [0.5, 0.6) is 0 Å². The zero-order valence-electron chi connectivity index (χ0n) is 11.3. The fourth-order valence-corrected chi connectivity index (χ4v) is 1.51. The van der Waals surface area contributed by atoms with Gasteiger partial charge < -0.3 is 9.26 Å². The van der Waals surface area contributed by atoms with Crippen molar-refractivity contribution in [2.45, 2.75) is 39.7 Å². The summed E-state index contributed by atoms with van der Waals surface area (Å²) in [4.78, 5) is 17.4. The number of aryl methyl sites for hydroxylation is 1. The molecular formula is C12H21N3O3. The van der Waals surface area contributed by atoms with E-state index in [0.717, 1.165) is 12.8 Å². The molecular weight excluding hydrogens is 234 g/mol. The summed E-state index contributed by atoms with van der Waals surface area (Å²) >= 11 is 0. The summed E-state index contributed by atoms with van der Waals surface area (Å²) in [7, 11) is 1.91.